The van der Waals surface area contributed by atoms with Crippen molar-refractivity contribution in [2.24, 2.45) is 0 Å². The molecule has 0 saturated carbocycles. The highest BCUT2D eigenvalue weighted by Gasteiger charge is 2.35. The van der Waals surface area contributed by atoms with E-state index < -0.39 is 21.8 Å². The second kappa shape index (κ2) is 7.19. The van der Waals surface area contributed by atoms with Crippen LogP contribution in [0.5, 0.6) is 0 Å². The number of rotatable bonds is 6. The van der Waals surface area contributed by atoms with Crippen molar-refractivity contribution in [2.75, 3.05) is 12.3 Å². The topological polar surface area (TPSA) is 83.6 Å². The summed E-state index contributed by atoms with van der Waals surface area (Å²) >= 11 is 6.00. The van der Waals surface area contributed by atoms with Crippen molar-refractivity contribution < 1.29 is 18.0 Å². The summed E-state index contributed by atoms with van der Waals surface area (Å²) in [7, 11) is -3.68. The third kappa shape index (κ3) is 3.80. The summed E-state index contributed by atoms with van der Waals surface area (Å²) in [6, 6.07) is 11.9. The van der Waals surface area contributed by atoms with Gasteiger partial charge in [-0.2, -0.15) is 0 Å². The number of sulfonamides is 1. The predicted molar refractivity (Wildman–Crippen MR) is 98.6 cm³/mol. The molecule has 2 aromatic carbocycles. The van der Waals surface area contributed by atoms with Gasteiger partial charge in [-0.25, -0.2) is 13.1 Å². The van der Waals surface area contributed by atoms with Crippen molar-refractivity contribution in [3.63, 3.8) is 0 Å². The smallest absolute Gasteiger partial charge is 0.261 e. The largest absolute Gasteiger partial charge is 0.273 e. The Bertz CT molecular complexity index is 988. The number of halogens is 1. The van der Waals surface area contributed by atoms with Crippen molar-refractivity contribution in [3.05, 3.63) is 69.7 Å². The summed E-state index contributed by atoms with van der Waals surface area (Å²) in [4.78, 5) is 25.7. The van der Waals surface area contributed by atoms with Crippen LogP contribution in [0.25, 0.3) is 0 Å². The highest BCUT2D eigenvalue weighted by molar-refractivity contribution is 7.89. The molecule has 0 saturated heterocycles. The van der Waals surface area contributed by atoms with Crippen LogP contribution >= 0.6 is 11.6 Å². The Kier molecular flexibility index (Phi) is 5.13. The summed E-state index contributed by atoms with van der Waals surface area (Å²) < 4.78 is 26.9. The van der Waals surface area contributed by atoms with E-state index in [2.05, 4.69) is 4.72 Å². The van der Waals surface area contributed by atoms with Crippen molar-refractivity contribution in [2.45, 2.75) is 13.5 Å². The van der Waals surface area contributed by atoms with E-state index in [9.17, 15) is 18.0 Å². The quantitative estimate of drug-likeness (QED) is 0.765. The lowest BCUT2D eigenvalue weighted by molar-refractivity contribution is 0.0664. The summed E-state index contributed by atoms with van der Waals surface area (Å²) in [6.07, 6.45) is 0. The Hall–Kier alpha value is -2.22. The first-order valence-corrected chi connectivity index (χ1v) is 9.99. The van der Waals surface area contributed by atoms with E-state index in [1.165, 1.54) is 0 Å². The normalized spacial score (nSPS) is 14.0. The lowest BCUT2D eigenvalue weighted by atomic mass is 10.1. The van der Waals surface area contributed by atoms with Gasteiger partial charge in [0, 0.05) is 18.1 Å². The van der Waals surface area contributed by atoms with E-state index in [1.807, 2.05) is 6.92 Å². The molecule has 1 aliphatic rings. The zero-order valence-corrected chi connectivity index (χ0v) is 15.6. The minimum atomic E-state index is -3.68. The summed E-state index contributed by atoms with van der Waals surface area (Å²) in [5.41, 5.74) is 2.13. The molecule has 2 amide bonds. The molecule has 0 atom stereocenters. The molecule has 3 rings (SSSR count). The number of hydrogen-bond acceptors (Lipinski definition) is 4. The van der Waals surface area contributed by atoms with Crippen LogP contribution in [0.3, 0.4) is 0 Å². The third-order valence-electron chi connectivity index (χ3n) is 4.15. The van der Waals surface area contributed by atoms with E-state index in [0.717, 1.165) is 10.5 Å². The molecular weight excluding hydrogens is 376 g/mol. The van der Waals surface area contributed by atoms with E-state index in [1.54, 1.807) is 42.5 Å². The first-order valence-electron chi connectivity index (χ1n) is 7.96. The number of carbonyl (C=O) groups excluding carboxylic acids is 2. The fourth-order valence-corrected chi connectivity index (χ4v) is 3.87. The van der Waals surface area contributed by atoms with Gasteiger partial charge in [0.15, 0.2) is 0 Å². The number of nitrogens with one attached hydrogen (secondary N) is 1. The molecule has 0 spiro atoms. The molecule has 0 bridgehead atoms. The van der Waals surface area contributed by atoms with Crippen LogP contribution in [0, 0.1) is 6.92 Å². The van der Waals surface area contributed by atoms with Crippen LogP contribution in [0.4, 0.5) is 0 Å². The molecular formula is C18H17ClN2O4S. The summed E-state index contributed by atoms with van der Waals surface area (Å²) in [5.74, 6) is -1.30. The first kappa shape index (κ1) is 18.6. The minimum absolute atomic E-state index is 0.0450. The Balaban J connectivity index is 1.64. The average Bonchev–Trinajstić information content (AvgIpc) is 2.83. The fourth-order valence-electron chi connectivity index (χ4n) is 2.72. The number of amides is 2. The fraction of sp³-hybridized carbons (Fsp3) is 0.222. The monoisotopic (exact) mass is 392 g/mol. The SMILES string of the molecule is Cc1ccc2c(c1)C(=O)N(CCS(=O)(=O)NCc1ccccc1Cl)C2=O. The van der Waals surface area contributed by atoms with E-state index in [4.69, 9.17) is 11.6 Å². The molecule has 0 unspecified atom stereocenters. The van der Waals surface area contributed by atoms with Gasteiger partial charge >= 0.3 is 0 Å². The maximum atomic E-state index is 12.4. The molecule has 0 radical (unpaired) electrons. The highest BCUT2D eigenvalue weighted by atomic mass is 35.5. The first-order chi connectivity index (χ1) is 12.3. The molecule has 1 aliphatic heterocycles. The van der Waals surface area contributed by atoms with E-state index in [-0.39, 0.29) is 18.8 Å². The van der Waals surface area contributed by atoms with Crippen LogP contribution in [-0.4, -0.2) is 37.4 Å². The maximum Gasteiger partial charge on any atom is 0.261 e. The second-order valence-corrected chi connectivity index (χ2v) is 8.38. The molecule has 0 aliphatic carbocycles. The highest BCUT2D eigenvalue weighted by Crippen LogP contribution is 2.23. The molecule has 0 aromatic heterocycles. The maximum absolute atomic E-state index is 12.4. The molecule has 0 fully saturated rings. The van der Waals surface area contributed by atoms with Gasteiger partial charge in [-0.1, -0.05) is 41.4 Å². The number of hydrogen-bond donors (Lipinski definition) is 1. The lowest BCUT2D eigenvalue weighted by Crippen LogP contribution is -2.37. The predicted octanol–water partition coefficient (Wildman–Crippen LogP) is 2.36. The summed E-state index contributed by atoms with van der Waals surface area (Å²) in [5, 5.41) is 0.464. The number of imide groups is 1. The van der Waals surface area contributed by atoms with Gasteiger partial charge in [0.25, 0.3) is 11.8 Å². The molecule has 8 heteroatoms. The Morgan fingerprint density at radius 2 is 1.73 bits per heavy atom. The zero-order valence-electron chi connectivity index (χ0n) is 14.0. The summed E-state index contributed by atoms with van der Waals surface area (Å²) in [6.45, 7) is 1.66. The molecule has 6 nitrogen and oxygen atoms in total. The van der Waals surface area contributed by atoms with Gasteiger partial charge in [-0.3, -0.25) is 14.5 Å². The van der Waals surface area contributed by atoms with Gasteiger partial charge in [-0.15, -0.1) is 0 Å². The van der Waals surface area contributed by atoms with Gasteiger partial charge < -0.3 is 0 Å². The van der Waals surface area contributed by atoms with Crippen LogP contribution in [0.15, 0.2) is 42.5 Å². The molecule has 136 valence electrons. The number of aryl methyl sites for hydroxylation is 1. The Labute approximate surface area is 156 Å². The molecule has 26 heavy (non-hydrogen) atoms. The Morgan fingerprint density at radius 3 is 2.46 bits per heavy atom. The van der Waals surface area contributed by atoms with Crippen molar-refractivity contribution in [1.82, 2.24) is 9.62 Å². The standard InChI is InChI=1S/C18H17ClN2O4S/c1-12-6-7-14-15(10-12)18(23)21(17(14)22)8-9-26(24,25)20-11-13-4-2-3-5-16(13)19/h2-7,10,20H,8-9,11H2,1H3. The molecule has 1 heterocycles. The number of nitrogens with zero attached hydrogens (tertiary/aromatic N) is 1. The lowest BCUT2D eigenvalue weighted by Gasteiger charge is -2.14. The Morgan fingerprint density at radius 1 is 1.04 bits per heavy atom. The van der Waals surface area contributed by atoms with Gasteiger partial charge in [0.1, 0.15) is 0 Å². The van der Waals surface area contributed by atoms with Crippen molar-refractivity contribution >= 4 is 33.4 Å². The van der Waals surface area contributed by atoms with Gasteiger partial charge in [-0.05, 0) is 30.7 Å². The zero-order chi connectivity index (χ0) is 18.9. The van der Waals surface area contributed by atoms with E-state index in [0.29, 0.717) is 21.7 Å². The van der Waals surface area contributed by atoms with Crippen LogP contribution in [0.1, 0.15) is 31.8 Å². The number of carbonyl (C=O) groups is 2. The van der Waals surface area contributed by atoms with Gasteiger partial charge in [0.2, 0.25) is 10.0 Å². The van der Waals surface area contributed by atoms with Crippen LogP contribution in [-0.2, 0) is 16.6 Å². The average molecular weight is 393 g/mol. The molecule has 1 N–H and O–H groups in total. The number of benzene rings is 2. The van der Waals surface area contributed by atoms with Crippen molar-refractivity contribution in [3.8, 4) is 0 Å². The van der Waals surface area contributed by atoms with Gasteiger partial charge in [0.05, 0.1) is 16.9 Å². The van der Waals surface area contributed by atoms with Crippen LogP contribution < -0.4 is 4.72 Å². The van der Waals surface area contributed by atoms with E-state index >= 15 is 0 Å². The third-order valence-corrected chi connectivity index (χ3v) is 5.82. The number of fused-ring (bicyclic) bond motifs is 1. The molecule has 2 aromatic rings. The minimum Gasteiger partial charge on any atom is -0.273 e. The van der Waals surface area contributed by atoms with Crippen molar-refractivity contribution in [1.29, 1.82) is 0 Å². The second-order valence-electron chi connectivity index (χ2n) is 6.04. The van der Waals surface area contributed by atoms with Crippen LogP contribution in [0.2, 0.25) is 5.02 Å².